The van der Waals surface area contributed by atoms with Crippen LogP contribution in [0.2, 0.25) is 5.02 Å². The molecule has 7 heteroatoms. The molecule has 1 atom stereocenters. The maximum Gasteiger partial charge on any atom is 0.326 e. The molecule has 1 unspecified atom stereocenters. The number of nitrogens with one attached hydrogen (secondary N) is 1. The maximum absolute atomic E-state index is 12.6. The predicted molar refractivity (Wildman–Crippen MR) is 113 cm³/mol. The third-order valence-electron chi connectivity index (χ3n) is 6.02. The number of aromatic amines is 1. The summed E-state index contributed by atoms with van der Waals surface area (Å²) in [5, 5.41) is 0.692. The van der Waals surface area contributed by atoms with Gasteiger partial charge in [0, 0.05) is 30.7 Å². The third-order valence-corrected chi connectivity index (χ3v) is 6.43. The lowest BCUT2D eigenvalue weighted by atomic mass is 10.0. The van der Waals surface area contributed by atoms with Crippen molar-refractivity contribution in [1.29, 1.82) is 0 Å². The van der Waals surface area contributed by atoms with Gasteiger partial charge in [-0.15, -0.1) is 0 Å². The highest BCUT2D eigenvalue weighted by atomic mass is 35.5. The average Bonchev–Trinajstić information content (AvgIpc) is 3.08. The van der Waals surface area contributed by atoms with Crippen LogP contribution in [0.3, 0.4) is 0 Å². The van der Waals surface area contributed by atoms with E-state index in [2.05, 4.69) is 9.88 Å². The van der Waals surface area contributed by atoms with E-state index in [1.807, 2.05) is 47.9 Å². The minimum absolute atomic E-state index is 0.0262. The molecule has 0 bridgehead atoms. The number of likely N-dealkylation sites (tertiary alicyclic amines) is 1. The second kappa shape index (κ2) is 7.43. The van der Waals surface area contributed by atoms with Crippen LogP contribution in [0.25, 0.3) is 11.0 Å². The predicted octanol–water partition coefficient (Wildman–Crippen LogP) is 3.77. The number of H-pyrrole nitrogens is 1. The van der Waals surface area contributed by atoms with E-state index in [4.69, 9.17) is 21.1 Å². The lowest BCUT2D eigenvalue weighted by Gasteiger charge is -2.36. The zero-order valence-corrected chi connectivity index (χ0v) is 17.1. The van der Waals surface area contributed by atoms with Gasteiger partial charge < -0.3 is 14.5 Å². The number of ether oxygens (including phenoxy) is 2. The van der Waals surface area contributed by atoms with Crippen LogP contribution in [-0.2, 0) is 0 Å². The molecule has 29 heavy (non-hydrogen) atoms. The monoisotopic (exact) mass is 413 g/mol. The summed E-state index contributed by atoms with van der Waals surface area (Å²) < 4.78 is 13.8. The Kier molecular flexibility index (Phi) is 4.76. The van der Waals surface area contributed by atoms with E-state index in [0.717, 1.165) is 60.6 Å². The van der Waals surface area contributed by atoms with Crippen molar-refractivity contribution in [3.8, 4) is 11.5 Å². The molecule has 0 spiro atoms. The Bertz CT molecular complexity index is 1100. The van der Waals surface area contributed by atoms with Gasteiger partial charge in [-0.1, -0.05) is 23.7 Å². The summed E-state index contributed by atoms with van der Waals surface area (Å²) in [7, 11) is 0. The summed E-state index contributed by atoms with van der Waals surface area (Å²) in [4.78, 5) is 18.0. The molecule has 0 radical (unpaired) electrons. The van der Waals surface area contributed by atoms with Gasteiger partial charge >= 0.3 is 5.69 Å². The van der Waals surface area contributed by atoms with Gasteiger partial charge in [-0.3, -0.25) is 9.47 Å². The van der Waals surface area contributed by atoms with Gasteiger partial charge in [0.2, 0.25) is 0 Å². The highest BCUT2D eigenvalue weighted by molar-refractivity contribution is 6.32. The molecule has 2 aromatic carbocycles. The molecule has 1 saturated heterocycles. The second-order valence-electron chi connectivity index (χ2n) is 7.90. The fraction of sp³-hybridized carbons (Fsp3) is 0.409. The normalized spacial score (nSPS) is 20.3. The van der Waals surface area contributed by atoms with Gasteiger partial charge in [0.1, 0.15) is 12.7 Å². The summed E-state index contributed by atoms with van der Waals surface area (Å²) >= 11 is 6.31. The maximum atomic E-state index is 12.6. The Morgan fingerprint density at radius 3 is 2.69 bits per heavy atom. The summed E-state index contributed by atoms with van der Waals surface area (Å²) in [6.07, 6.45) is 1.87. The first-order valence-corrected chi connectivity index (χ1v) is 10.5. The lowest BCUT2D eigenvalue weighted by molar-refractivity contribution is 0.0485. The Labute approximate surface area is 174 Å². The molecule has 0 amide bonds. The molecule has 0 saturated carbocycles. The summed E-state index contributed by atoms with van der Waals surface area (Å²) in [6, 6.07) is 11.7. The average molecular weight is 414 g/mol. The van der Waals surface area contributed by atoms with Crippen LogP contribution in [0.15, 0.2) is 41.2 Å². The third kappa shape index (κ3) is 3.40. The fourth-order valence-corrected chi connectivity index (χ4v) is 4.67. The van der Waals surface area contributed by atoms with Crippen molar-refractivity contribution >= 4 is 22.6 Å². The van der Waals surface area contributed by atoms with E-state index >= 15 is 0 Å². The van der Waals surface area contributed by atoms with Crippen molar-refractivity contribution in [2.45, 2.75) is 31.9 Å². The molecule has 2 aliphatic heterocycles. The molecule has 1 fully saturated rings. The number of benzene rings is 2. The fourth-order valence-electron chi connectivity index (χ4n) is 4.51. The molecule has 152 valence electrons. The highest BCUT2D eigenvalue weighted by Crippen LogP contribution is 2.32. The smallest absolute Gasteiger partial charge is 0.326 e. The number of imidazole rings is 1. The van der Waals surface area contributed by atoms with Gasteiger partial charge in [0.25, 0.3) is 0 Å². The molecule has 3 heterocycles. The van der Waals surface area contributed by atoms with Crippen LogP contribution in [-0.4, -0.2) is 46.8 Å². The Hall–Kier alpha value is -2.44. The van der Waals surface area contributed by atoms with Gasteiger partial charge in [-0.2, -0.15) is 0 Å². The van der Waals surface area contributed by atoms with E-state index < -0.39 is 0 Å². The van der Waals surface area contributed by atoms with Crippen LogP contribution in [0.5, 0.6) is 11.5 Å². The standard InChI is InChI=1S/C22H24ClN3O3/c1-14-17(23)6-7-18-21(14)26(22(27)24-18)15-8-10-25(11-9-15)12-16-13-28-19-4-2-3-5-20(19)29-16/h2-7,15-16H,8-13H2,1H3,(H,24,27). The molecular formula is C22H24ClN3O3. The zero-order chi connectivity index (χ0) is 20.0. The van der Waals surface area contributed by atoms with E-state index in [1.54, 1.807) is 0 Å². The van der Waals surface area contributed by atoms with Crippen LogP contribution in [0.1, 0.15) is 24.4 Å². The molecule has 2 aliphatic rings. The molecule has 0 aliphatic carbocycles. The number of hydrogen-bond donors (Lipinski definition) is 1. The van der Waals surface area contributed by atoms with Gasteiger partial charge in [-0.05, 0) is 49.6 Å². The Morgan fingerprint density at radius 2 is 1.90 bits per heavy atom. The first kappa shape index (κ1) is 18.6. The first-order valence-electron chi connectivity index (χ1n) is 10.1. The van der Waals surface area contributed by atoms with Crippen molar-refractivity contribution in [2.75, 3.05) is 26.2 Å². The van der Waals surface area contributed by atoms with Crippen LogP contribution in [0, 0.1) is 6.92 Å². The van der Waals surface area contributed by atoms with Crippen molar-refractivity contribution in [3.05, 3.63) is 57.5 Å². The van der Waals surface area contributed by atoms with Crippen LogP contribution < -0.4 is 15.2 Å². The van der Waals surface area contributed by atoms with Crippen LogP contribution >= 0.6 is 11.6 Å². The van der Waals surface area contributed by atoms with E-state index in [0.29, 0.717) is 11.6 Å². The van der Waals surface area contributed by atoms with Gasteiger partial charge in [-0.25, -0.2) is 4.79 Å². The summed E-state index contributed by atoms with van der Waals surface area (Å²) in [5.41, 5.74) is 2.69. The molecule has 3 aromatic rings. The van der Waals surface area contributed by atoms with Crippen molar-refractivity contribution in [1.82, 2.24) is 14.5 Å². The van der Waals surface area contributed by atoms with Gasteiger partial charge in [0.05, 0.1) is 11.0 Å². The van der Waals surface area contributed by atoms with Crippen LogP contribution in [0.4, 0.5) is 0 Å². The van der Waals surface area contributed by atoms with Crippen molar-refractivity contribution in [2.24, 2.45) is 0 Å². The van der Waals surface area contributed by atoms with Crippen molar-refractivity contribution in [3.63, 3.8) is 0 Å². The molecule has 1 aromatic heterocycles. The number of halogens is 1. The Balaban J connectivity index is 1.27. The minimum atomic E-state index is -0.0514. The molecule has 6 nitrogen and oxygen atoms in total. The first-order chi connectivity index (χ1) is 14.1. The lowest BCUT2D eigenvalue weighted by Crippen LogP contribution is -2.45. The number of rotatable bonds is 3. The SMILES string of the molecule is Cc1c(Cl)ccc2[nH]c(=O)n(C3CCN(CC4COc5ccccc5O4)CC3)c12. The Morgan fingerprint density at radius 1 is 1.14 bits per heavy atom. The molecular weight excluding hydrogens is 390 g/mol. The highest BCUT2D eigenvalue weighted by Gasteiger charge is 2.28. The zero-order valence-electron chi connectivity index (χ0n) is 16.4. The number of fused-ring (bicyclic) bond motifs is 2. The number of piperidine rings is 1. The number of aromatic nitrogens is 2. The number of para-hydroxylation sites is 2. The second-order valence-corrected chi connectivity index (χ2v) is 8.31. The molecule has 1 N–H and O–H groups in total. The van der Waals surface area contributed by atoms with E-state index in [-0.39, 0.29) is 17.8 Å². The van der Waals surface area contributed by atoms with Crippen molar-refractivity contribution < 1.29 is 9.47 Å². The van der Waals surface area contributed by atoms with E-state index in [1.165, 1.54) is 0 Å². The minimum Gasteiger partial charge on any atom is -0.486 e. The quantitative estimate of drug-likeness (QED) is 0.710. The van der Waals surface area contributed by atoms with E-state index in [9.17, 15) is 4.79 Å². The number of hydrogen-bond acceptors (Lipinski definition) is 4. The topological polar surface area (TPSA) is 59.5 Å². The summed E-state index contributed by atoms with van der Waals surface area (Å²) in [5.74, 6) is 1.63. The largest absolute Gasteiger partial charge is 0.486 e. The summed E-state index contributed by atoms with van der Waals surface area (Å²) in [6.45, 7) is 5.21. The number of nitrogens with zero attached hydrogens (tertiary/aromatic N) is 2. The molecule has 5 rings (SSSR count). The number of aryl methyl sites for hydroxylation is 1. The van der Waals surface area contributed by atoms with Gasteiger partial charge in [0.15, 0.2) is 11.5 Å².